The van der Waals surface area contributed by atoms with Gasteiger partial charge in [0.1, 0.15) is 0 Å². The molecule has 0 aromatic heterocycles. The number of para-hydroxylation sites is 4. The van der Waals surface area contributed by atoms with Crippen LogP contribution < -0.4 is 19.6 Å². The Morgan fingerprint density at radius 1 is 0.469 bits per heavy atom. The summed E-state index contributed by atoms with van der Waals surface area (Å²) in [6.45, 7) is 4.47. The molecule has 0 fully saturated rings. The minimum Gasteiger partial charge on any atom is -0.355 e. The largest absolute Gasteiger partial charge is 0.355 e. The Hall–Kier alpha value is -2.36. The van der Waals surface area contributed by atoms with Crippen LogP contribution >= 0.6 is 0 Å². The first-order chi connectivity index (χ1) is 15.7. The summed E-state index contributed by atoms with van der Waals surface area (Å²) in [5.74, 6) is 0. The van der Waals surface area contributed by atoms with Gasteiger partial charge >= 0.3 is 0 Å². The highest BCUT2D eigenvalue weighted by Crippen LogP contribution is 2.35. The molecule has 4 heteroatoms. The van der Waals surface area contributed by atoms with Crippen LogP contribution in [0.1, 0.15) is 64.2 Å². The second kappa shape index (κ2) is 11.5. The number of unbranched alkanes of at least 4 members (excludes halogenated alkanes) is 9. The van der Waals surface area contributed by atoms with E-state index < -0.39 is 0 Å². The predicted octanol–water partition coefficient (Wildman–Crippen LogP) is 6.72. The maximum Gasteiger partial charge on any atom is 0.0901 e. The van der Waals surface area contributed by atoms with Crippen LogP contribution in [0.15, 0.2) is 48.5 Å². The molecule has 0 aliphatic carbocycles. The molecule has 174 valence electrons. The number of rotatable bonds is 13. The lowest BCUT2D eigenvalue weighted by Gasteiger charge is -2.19. The van der Waals surface area contributed by atoms with Crippen molar-refractivity contribution in [2.45, 2.75) is 64.2 Å². The SMILES string of the molecule is CN1CN(CCCCCCCCCCCCN2CN(C)c3ccccc32)c2ccccc21. The molecule has 2 aromatic rings. The van der Waals surface area contributed by atoms with Crippen molar-refractivity contribution >= 4 is 22.7 Å². The normalized spacial score (nSPS) is 14.9. The summed E-state index contributed by atoms with van der Waals surface area (Å²) in [7, 11) is 4.39. The minimum absolute atomic E-state index is 1.04. The van der Waals surface area contributed by atoms with E-state index in [0.29, 0.717) is 0 Å². The number of anilines is 4. The third kappa shape index (κ3) is 5.70. The van der Waals surface area contributed by atoms with Gasteiger partial charge in [-0.2, -0.15) is 0 Å². The number of hydrogen-bond donors (Lipinski definition) is 0. The van der Waals surface area contributed by atoms with Gasteiger partial charge in [0, 0.05) is 27.2 Å². The highest BCUT2D eigenvalue weighted by atomic mass is 15.4. The molecule has 0 saturated heterocycles. The van der Waals surface area contributed by atoms with E-state index in [0.717, 1.165) is 13.3 Å². The van der Waals surface area contributed by atoms with Gasteiger partial charge in [-0.1, -0.05) is 75.6 Å². The van der Waals surface area contributed by atoms with Crippen molar-refractivity contribution in [3.63, 3.8) is 0 Å². The Morgan fingerprint density at radius 2 is 0.781 bits per heavy atom. The third-order valence-corrected chi connectivity index (χ3v) is 7.14. The molecule has 0 N–H and O–H groups in total. The first kappa shape index (κ1) is 22.8. The van der Waals surface area contributed by atoms with Gasteiger partial charge in [0.05, 0.1) is 36.1 Å². The van der Waals surface area contributed by atoms with Crippen molar-refractivity contribution in [3.8, 4) is 0 Å². The van der Waals surface area contributed by atoms with Crippen molar-refractivity contribution < 1.29 is 0 Å². The molecule has 0 radical (unpaired) electrons. The fraction of sp³-hybridized carbons (Fsp3) is 0.571. The third-order valence-electron chi connectivity index (χ3n) is 7.14. The monoisotopic (exact) mass is 434 g/mol. The average Bonchev–Trinajstić information content (AvgIpc) is 3.31. The zero-order valence-electron chi connectivity index (χ0n) is 20.3. The second-order valence-electron chi connectivity index (χ2n) is 9.72. The van der Waals surface area contributed by atoms with E-state index in [2.05, 4.69) is 82.2 Å². The zero-order valence-corrected chi connectivity index (χ0v) is 20.3. The first-order valence-electron chi connectivity index (χ1n) is 12.8. The van der Waals surface area contributed by atoms with E-state index in [4.69, 9.17) is 0 Å². The van der Waals surface area contributed by atoms with Crippen molar-refractivity contribution in [2.24, 2.45) is 0 Å². The molecule has 0 amide bonds. The Balaban J connectivity index is 0.975. The van der Waals surface area contributed by atoms with Gasteiger partial charge in [0.15, 0.2) is 0 Å². The van der Waals surface area contributed by atoms with Crippen molar-refractivity contribution in [1.82, 2.24) is 0 Å². The summed E-state index contributed by atoms with van der Waals surface area (Å²) in [5.41, 5.74) is 5.59. The molecule has 0 bridgehead atoms. The van der Waals surface area contributed by atoms with Gasteiger partial charge in [0.2, 0.25) is 0 Å². The molecule has 2 aliphatic heterocycles. The molecule has 2 heterocycles. The lowest BCUT2D eigenvalue weighted by atomic mass is 10.1. The molecule has 0 spiro atoms. The highest BCUT2D eigenvalue weighted by Gasteiger charge is 2.22. The highest BCUT2D eigenvalue weighted by molar-refractivity contribution is 5.76. The Bertz CT molecular complexity index is 766. The van der Waals surface area contributed by atoms with E-state index in [1.807, 2.05) is 0 Å². The maximum absolute atomic E-state index is 2.54. The van der Waals surface area contributed by atoms with Crippen LogP contribution in [0.4, 0.5) is 22.7 Å². The van der Waals surface area contributed by atoms with Crippen LogP contribution in [0.25, 0.3) is 0 Å². The van der Waals surface area contributed by atoms with Gasteiger partial charge < -0.3 is 19.6 Å². The van der Waals surface area contributed by atoms with Gasteiger partial charge in [-0.05, 0) is 37.1 Å². The zero-order chi connectivity index (χ0) is 22.2. The Kier molecular flexibility index (Phi) is 8.19. The average molecular weight is 435 g/mol. The molecular weight excluding hydrogens is 392 g/mol. The summed E-state index contributed by atoms with van der Waals surface area (Å²) in [6, 6.07) is 17.6. The summed E-state index contributed by atoms with van der Waals surface area (Å²) in [6.07, 6.45) is 13.8. The van der Waals surface area contributed by atoms with Crippen molar-refractivity contribution in [1.29, 1.82) is 0 Å². The van der Waals surface area contributed by atoms with Crippen molar-refractivity contribution in [3.05, 3.63) is 48.5 Å². The summed E-state index contributed by atoms with van der Waals surface area (Å²) >= 11 is 0. The number of benzene rings is 2. The molecule has 0 unspecified atom stereocenters. The Morgan fingerprint density at radius 3 is 1.16 bits per heavy atom. The summed E-state index contributed by atoms with van der Waals surface area (Å²) in [4.78, 5) is 9.79. The molecule has 2 aromatic carbocycles. The second-order valence-corrected chi connectivity index (χ2v) is 9.72. The molecule has 4 nitrogen and oxygen atoms in total. The summed E-state index contributed by atoms with van der Waals surface area (Å²) in [5, 5.41) is 0. The van der Waals surface area contributed by atoms with Crippen LogP contribution in [0.3, 0.4) is 0 Å². The van der Waals surface area contributed by atoms with Gasteiger partial charge in [-0.3, -0.25) is 0 Å². The quantitative estimate of drug-likeness (QED) is 0.325. The van der Waals surface area contributed by atoms with Crippen LogP contribution in [-0.2, 0) is 0 Å². The van der Waals surface area contributed by atoms with Gasteiger partial charge in [0.25, 0.3) is 0 Å². The van der Waals surface area contributed by atoms with E-state index >= 15 is 0 Å². The first-order valence-corrected chi connectivity index (χ1v) is 12.8. The fourth-order valence-electron chi connectivity index (χ4n) is 5.33. The fourth-order valence-corrected chi connectivity index (χ4v) is 5.33. The molecular formula is C28H42N4. The summed E-state index contributed by atoms with van der Waals surface area (Å²) < 4.78 is 0. The van der Waals surface area contributed by atoms with Crippen LogP contribution in [0, 0.1) is 0 Å². The standard InChI is InChI=1S/C28H42N4/c1-29-23-31(27-19-13-11-17-25(27)29)21-15-9-7-5-3-4-6-8-10-16-22-32-24-30(2)26-18-12-14-20-28(26)32/h11-14,17-20H,3-10,15-16,21-24H2,1-2H3. The molecule has 0 atom stereocenters. The lowest BCUT2D eigenvalue weighted by molar-refractivity contribution is 0.549. The maximum atomic E-state index is 2.54. The number of nitrogens with zero attached hydrogens (tertiary/aromatic N) is 4. The minimum atomic E-state index is 1.04. The molecule has 32 heavy (non-hydrogen) atoms. The molecule has 0 saturated carbocycles. The topological polar surface area (TPSA) is 13.0 Å². The van der Waals surface area contributed by atoms with E-state index in [1.165, 1.54) is 100 Å². The molecule has 2 aliphatic rings. The van der Waals surface area contributed by atoms with E-state index in [-0.39, 0.29) is 0 Å². The number of hydrogen-bond acceptors (Lipinski definition) is 4. The van der Waals surface area contributed by atoms with E-state index in [9.17, 15) is 0 Å². The molecule has 4 rings (SSSR count). The van der Waals surface area contributed by atoms with Crippen LogP contribution in [0.5, 0.6) is 0 Å². The number of fused-ring (bicyclic) bond motifs is 2. The lowest BCUT2D eigenvalue weighted by Crippen LogP contribution is -2.28. The van der Waals surface area contributed by atoms with Gasteiger partial charge in [-0.15, -0.1) is 0 Å². The smallest absolute Gasteiger partial charge is 0.0901 e. The van der Waals surface area contributed by atoms with Crippen LogP contribution in [-0.4, -0.2) is 40.5 Å². The van der Waals surface area contributed by atoms with Gasteiger partial charge in [-0.25, -0.2) is 0 Å². The van der Waals surface area contributed by atoms with Crippen LogP contribution in [0.2, 0.25) is 0 Å². The van der Waals surface area contributed by atoms with Crippen molar-refractivity contribution in [2.75, 3.05) is 60.1 Å². The van der Waals surface area contributed by atoms with E-state index in [1.54, 1.807) is 0 Å². The Labute approximate surface area is 195 Å². The predicted molar refractivity (Wildman–Crippen MR) is 140 cm³/mol.